The van der Waals surface area contributed by atoms with Crippen molar-refractivity contribution in [2.75, 3.05) is 24.6 Å². The molecule has 1 heterocycles. The van der Waals surface area contributed by atoms with Crippen LogP contribution in [0.4, 0.5) is 14.5 Å². The molecule has 0 bridgehead atoms. The van der Waals surface area contributed by atoms with E-state index < -0.39 is 33.7 Å². The molecule has 178 valence electrons. The number of aryl methyl sites for hydroxylation is 1. The number of esters is 1. The Labute approximate surface area is 196 Å². The van der Waals surface area contributed by atoms with Gasteiger partial charge in [0.15, 0.2) is 0 Å². The van der Waals surface area contributed by atoms with Crippen LogP contribution in [-0.4, -0.2) is 40.8 Å². The topological polar surface area (TPSA) is 72.9 Å². The summed E-state index contributed by atoms with van der Waals surface area (Å²) >= 11 is 0. The van der Waals surface area contributed by atoms with Crippen molar-refractivity contribution in [3.63, 3.8) is 0 Å². The fourth-order valence-electron chi connectivity index (χ4n) is 3.94. The van der Waals surface area contributed by atoms with E-state index in [-0.39, 0.29) is 23.6 Å². The summed E-state index contributed by atoms with van der Waals surface area (Å²) in [5.41, 5.74) is 2.12. The second-order valence-electron chi connectivity index (χ2n) is 8.03. The fourth-order valence-corrected chi connectivity index (χ4v) is 5.57. The van der Waals surface area contributed by atoms with Gasteiger partial charge in [-0.3, -0.25) is 4.31 Å². The molecular formula is C25H23F2NO5S. The molecule has 0 N–H and O–H groups in total. The second kappa shape index (κ2) is 9.52. The highest BCUT2D eigenvalue weighted by molar-refractivity contribution is 7.92. The van der Waals surface area contributed by atoms with Crippen LogP contribution in [0.25, 0.3) is 11.1 Å². The van der Waals surface area contributed by atoms with E-state index in [0.717, 1.165) is 23.8 Å². The molecule has 0 saturated heterocycles. The van der Waals surface area contributed by atoms with Crippen molar-refractivity contribution in [2.24, 2.45) is 0 Å². The van der Waals surface area contributed by atoms with E-state index >= 15 is 0 Å². The van der Waals surface area contributed by atoms with Crippen LogP contribution in [0.3, 0.4) is 0 Å². The number of hydrogen-bond donors (Lipinski definition) is 0. The summed E-state index contributed by atoms with van der Waals surface area (Å²) in [5, 5.41) is 0. The highest BCUT2D eigenvalue weighted by Gasteiger charge is 2.34. The SMILES string of the molecule is COC(=O)CO[C@@H]1Cc2ccc(-c3cc(F)ccc3F)cc2N(S(=O)(=O)c2cccc(C)c2)C1. The number of rotatable bonds is 6. The molecule has 1 aliphatic heterocycles. The van der Waals surface area contributed by atoms with Gasteiger partial charge >= 0.3 is 5.97 Å². The summed E-state index contributed by atoms with van der Waals surface area (Å²) in [6, 6.07) is 14.4. The van der Waals surface area contributed by atoms with E-state index in [4.69, 9.17) is 4.74 Å². The lowest BCUT2D eigenvalue weighted by Crippen LogP contribution is -2.44. The average molecular weight is 488 g/mol. The summed E-state index contributed by atoms with van der Waals surface area (Å²) in [6.07, 6.45) is -0.277. The van der Waals surface area contributed by atoms with Gasteiger partial charge in [0.25, 0.3) is 10.0 Å². The Bertz CT molecular complexity index is 1340. The number of ether oxygens (including phenoxy) is 2. The molecule has 0 aliphatic carbocycles. The molecular weight excluding hydrogens is 464 g/mol. The van der Waals surface area contributed by atoms with Crippen molar-refractivity contribution >= 4 is 21.7 Å². The van der Waals surface area contributed by atoms with E-state index in [0.29, 0.717) is 23.2 Å². The zero-order valence-electron chi connectivity index (χ0n) is 18.6. The van der Waals surface area contributed by atoms with Crippen LogP contribution < -0.4 is 4.31 Å². The quantitative estimate of drug-likeness (QED) is 0.486. The van der Waals surface area contributed by atoms with Gasteiger partial charge in [0.2, 0.25) is 0 Å². The highest BCUT2D eigenvalue weighted by atomic mass is 32.2. The number of carbonyl (C=O) groups is 1. The van der Waals surface area contributed by atoms with Gasteiger partial charge in [-0.1, -0.05) is 24.3 Å². The number of anilines is 1. The Morgan fingerprint density at radius 3 is 2.62 bits per heavy atom. The predicted octanol–water partition coefficient (Wildman–Crippen LogP) is 4.25. The molecule has 0 amide bonds. The monoisotopic (exact) mass is 487 g/mol. The Morgan fingerprint density at radius 2 is 1.88 bits per heavy atom. The van der Waals surface area contributed by atoms with Crippen LogP contribution in [0.5, 0.6) is 0 Å². The maximum atomic E-state index is 14.4. The second-order valence-corrected chi connectivity index (χ2v) is 9.90. The molecule has 0 unspecified atom stereocenters. The summed E-state index contributed by atoms with van der Waals surface area (Å²) in [7, 11) is -2.78. The molecule has 0 spiro atoms. The number of carbonyl (C=O) groups excluding carboxylic acids is 1. The highest BCUT2D eigenvalue weighted by Crippen LogP contribution is 2.37. The van der Waals surface area contributed by atoms with Crippen LogP contribution in [-0.2, 0) is 30.7 Å². The average Bonchev–Trinajstić information content (AvgIpc) is 2.83. The van der Waals surface area contributed by atoms with Crippen LogP contribution in [0.1, 0.15) is 11.1 Å². The first-order chi connectivity index (χ1) is 16.2. The Kier molecular flexibility index (Phi) is 6.67. The first-order valence-corrected chi connectivity index (χ1v) is 12.0. The molecule has 0 fully saturated rings. The lowest BCUT2D eigenvalue weighted by Gasteiger charge is -2.35. The standard InChI is InChI=1S/C25H23F2NO5S/c1-16-4-3-5-21(10-16)34(30,31)28-14-20(33-15-25(29)32-2)11-18-7-6-17(12-24(18)28)22-13-19(26)8-9-23(22)27/h3-10,12-13,20H,11,14-15H2,1-2H3/t20-/m1/s1. The third-order valence-corrected chi connectivity index (χ3v) is 7.43. The zero-order valence-corrected chi connectivity index (χ0v) is 19.4. The summed E-state index contributed by atoms with van der Waals surface area (Å²) in [4.78, 5) is 11.6. The molecule has 6 nitrogen and oxygen atoms in total. The maximum absolute atomic E-state index is 14.4. The van der Waals surface area contributed by atoms with Crippen LogP contribution in [0.15, 0.2) is 65.6 Å². The number of sulfonamides is 1. The summed E-state index contributed by atoms with van der Waals surface area (Å²) in [5.74, 6) is -1.80. The molecule has 0 saturated carbocycles. The third-order valence-electron chi connectivity index (χ3n) is 5.65. The summed E-state index contributed by atoms with van der Waals surface area (Å²) < 4.78 is 67.0. The van der Waals surface area contributed by atoms with Gasteiger partial charge in [0.1, 0.15) is 18.2 Å². The minimum atomic E-state index is -4.02. The van der Waals surface area contributed by atoms with Gasteiger partial charge in [-0.2, -0.15) is 0 Å². The van der Waals surface area contributed by atoms with E-state index in [2.05, 4.69) is 4.74 Å². The summed E-state index contributed by atoms with van der Waals surface area (Å²) in [6.45, 7) is 1.41. The minimum Gasteiger partial charge on any atom is -0.467 e. The zero-order chi connectivity index (χ0) is 24.5. The van der Waals surface area contributed by atoms with Crippen LogP contribution in [0.2, 0.25) is 0 Å². The molecule has 0 radical (unpaired) electrons. The van der Waals surface area contributed by atoms with Crippen molar-refractivity contribution in [3.05, 3.63) is 83.4 Å². The predicted molar refractivity (Wildman–Crippen MR) is 123 cm³/mol. The number of benzene rings is 3. The molecule has 0 aromatic heterocycles. The van der Waals surface area contributed by atoms with E-state index in [9.17, 15) is 22.0 Å². The van der Waals surface area contributed by atoms with E-state index in [1.807, 2.05) is 0 Å². The lowest BCUT2D eigenvalue weighted by atomic mass is 9.96. The maximum Gasteiger partial charge on any atom is 0.331 e. The molecule has 1 atom stereocenters. The largest absolute Gasteiger partial charge is 0.467 e. The van der Waals surface area contributed by atoms with Crippen molar-refractivity contribution in [2.45, 2.75) is 24.3 Å². The van der Waals surface area contributed by atoms with Gasteiger partial charge in [0, 0.05) is 12.0 Å². The minimum absolute atomic E-state index is 0.0276. The van der Waals surface area contributed by atoms with E-state index in [1.54, 1.807) is 37.3 Å². The number of fused-ring (bicyclic) bond motifs is 1. The lowest BCUT2D eigenvalue weighted by molar-refractivity contribution is -0.147. The molecule has 4 rings (SSSR count). The van der Waals surface area contributed by atoms with Gasteiger partial charge in [0.05, 0.1) is 30.3 Å². The fraction of sp³-hybridized carbons (Fsp3) is 0.240. The van der Waals surface area contributed by atoms with E-state index in [1.165, 1.54) is 23.5 Å². The Morgan fingerprint density at radius 1 is 1.09 bits per heavy atom. The van der Waals surface area contributed by atoms with Crippen molar-refractivity contribution in [1.29, 1.82) is 0 Å². The first-order valence-electron chi connectivity index (χ1n) is 10.5. The molecule has 9 heteroatoms. The molecule has 3 aromatic carbocycles. The van der Waals surface area contributed by atoms with Crippen molar-refractivity contribution in [3.8, 4) is 11.1 Å². The number of methoxy groups -OCH3 is 1. The van der Waals surface area contributed by atoms with Crippen LogP contribution in [0, 0.1) is 18.6 Å². The van der Waals surface area contributed by atoms with Crippen molar-refractivity contribution in [1.82, 2.24) is 0 Å². The Balaban J connectivity index is 1.80. The first kappa shape index (κ1) is 23.8. The van der Waals surface area contributed by atoms with Gasteiger partial charge in [-0.25, -0.2) is 22.0 Å². The third kappa shape index (κ3) is 4.80. The van der Waals surface area contributed by atoms with Gasteiger partial charge < -0.3 is 9.47 Å². The molecule has 34 heavy (non-hydrogen) atoms. The molecule has 3 aromatic rings. The normalized spacial score (nSPS) is 15.6. The number of hydrogen-bond acceptors (Lipinski definition) is 5. The van der Waals surface area contributed by atoms with Crippen LogP contribution >= 0.6 is 0 Å². The number of halogens is 2. The van der Waals surface area contributed by atoms with Crippen molar-refractivity contribution < 1.29 is 31.5 Å². The van der Waals surface area contributed by atoms with Gasteiger partial charge in [-0.15, -0.1) is 0 Å². The number of nitrogens with zero attached hydrogens (tertiary/aromatic N) is 1. The molecule has 1 aliphatic rings. The smallest absolute Gasteiger partial charge is 0.331 e. The van der Waals surface area contributed by atoms with Gasteiger partial charge in [-0.05, 0) is 60.0 Å². The Hall–Kier alpha value is -3.30.